The third-order valence-electron chi connectivity index (χ3n) is 4.05. The van der Waals surface area contributed by atoms with Gasteiger partial charge in [0.1, 0.15) is 0 Å². The van der Waals surface area contributed by atoms with Crippen molar-refractivity contribution in [3.8, 4) is 11.3 Å². The number of anilines is 2. The molecule has 2 aromatic heterocycles. The lowest BCUT2D eigenvalue weighted by molar-refractivity contribution is -0.111. The van der Waals surface area contributed by atoms with E-state index < -0.39 is 10.0 Å². The van der Waals surface area contributed by atoms with E-state index >= 15 is 0 Å². The number of thiazole rings is 1. The summed E-state index contributed by atoms with van der Waals surface area (Å²) >= 11 is 2.92. The predicted molar refractivity (Wildman–Crippen MR) is 118 cm³/mol. The molecule has 0 aliphatic carbocycles. The number of nitrogens with zero attached hydrogens (tertiary/aromatic N) is 2. The molecule has 1 N–H and O–H groups in total. The Kier molecular flexibility index (Phi) is 5.97. The van der Waals surface area contributed by atoms with Crippen LogP contribution in [0.3, 0.4) is 0 Å². The molecule has 0 saturated carbocycles. The number of sulfonamides is 1. The topological polar surface area (TPSA) is 79.4 Å². The first-order valence-electron chi connectivity index (χ1n) is 8.27. The largest absolute Gasteiger partial charge is 0.298 e. The fourth-order valence-corrected chi connectivity index (χ4v) is 4.40. The van der Waals surface area contributed by atoms with Gasteiger partial charge >= 0.3 is 0 Å². The summed E-state index contributed by atoms with van der Waals surface area (Å²) in [5, 5.41) is 7.10. The van der Waals surface area contributed by atoms with Crippen molar-refractivity contribution in [2.24, 2.45) is 0 Å². The maximum absolute atomic E-state index is 12.1. The van der Waals surface area contributed by atoms with E-state index in [4.69, 9.17) is 0 Å². The molecule has 0 aliphatic heterocycles. The first-order valence-corrected chi connectivity index (χ1v) is 11.9. The van der Waals surface area contributed by atoms with Crippen LogP contribution in [0.25, 0.3) is 17.3 Å². The van der Waals surface area contributed by atoms with Crippen LogP contribution < -0.4 is 9.62 Å². The second kappa shape index (κ2) is 8.26. The van der Waals surface area contributed by atoms with E-state index in [1.165, 1.54) is 28.8 Å². The Morgan fingerprint density at radius 1 is 1.18 bits per heavy atom. The van der Waals surface area contributed by atoms with E-state index in [0.717, 1.165) is 22.3 Å². The zero-order chi connectivity index (χ0) is 20.3. The molecule has 0 aliphatic rings. The number of rotatable bonds is 6. The Morgan fingerprint density at radius 2 is 1.89 bits per heavy atom. The minimum Gasteiger partial charge on any atom is -0.298 e. The molecule has 0 radical (unpaired) electrons. The number of nitrogens with one attached hydrogen (secondary N) is 1. The van der Waals surface area contributed by atoms with Crippen LogP contribution in [0, 0.1) is 6.92 Å². The first kappa shape index (κ1) is 20.2. The lowest BCUT2D eigenvalue weighted by Gasteiger charge is -2.16. The van der Waals surface area contributed by atoms with Crippen molar-refractivity contribution in [3.63, 3.8) is 0 Å². The van der Waals surface area contributed by atoms with Gasteiger partial charge in [0.2, 0.25) is 15.9 Å². The number of thiophene rings is 1. The highest BCUT2D eigenvalue weighted by molar-refractivity contribution is 7.92. The lowest BCUT2D eigenvalue weighted by Crippen LogP contribution is -2.24. The Morgan fingerprint density at radius 3 is 2.50 bits per heavy atom. The zero-order valence-corrected chi connectivity index (χ0v) is 18.0. The number of aromatic nitrogens is 1. The molecule has 1 aromatic carbocycles. The van der Waals surface area contributed by atoms with Crippen LogP contribution in [0.1, 0.15) is 10.4 Å². The summed E-state index contributed by atoms with van der Waals surface area (Å²) in [6, 6.07) is 9.06. The fourth-order valence-electron chi connectivity index (χ4n) is 2.35. The fraction of sp³-hybridized carbons (Fsp3) is 0.158. The van der Waals surface area contributed by atoms with Crippen molar-refractivity contribution >= 4 is 55.5 Å². The molecule has 9 heteroatoms. The average molecular weight is 434 g/mol. The second-order valence-electron chi connectivity index (χ2n) is 6.11. The van der Waals surface area contributed by atoms with Crippen LogP contribution in [0.2, 0.25) is 0 Å². The maximum Gasteiger partial charge on any atom is 0.250 e. The molecule has 3 rings (SSSR count). The third kappa shape index (κ3) is 4.86. The van der Waals surface area contributed by atoms with Crippen molar-refractivity contribution in [2.45, 2.75) is 6.92 Å². The number of aryl methyl sites for hydroxylation is 1. The average Bonchev–Trinajstić information content (AvgIpc) is 3.27. The molecule has 6 nitrogen and oxygen atoms in total. The number of hydrogen-bond acceptors (Lipinski definition) is 6. The normalized spacial score (nSPS) is 11.7. The van der Waals surface area contributed by atoms with Gasteiger partial charge in [-0.1, -0.05) is 12.1 Å². The van der Waals surface area contributed by atoms with Gasteiger partial charge in [-0.2, -0.15) is 0 Å². The summed E-state index contributed by atoms with van der Waals surface area (Å²) in [5.41, 5.74) is 3.26. The lowest BCUT2D eigenvalue weighted by atomic mass is 10.1. The maximum atomic E-state index is 12.1. The summed E-state index contributed by atoms with van der Waals surface area (Å²) in [4.78, 5) is 17.6. The summed E-state index contributed by atoms with van der Waals surface area (Å²) in [6.07, 6.45) is 4.45. The Hall–Kier alpha value is -2.49. The molecule has 2 heterocycles. The molecule has 0 bridgehead atoms. The van der Waals surface area contributed by atoms with E-state index in [0.29, 0.717) is 16.5 Å². The monoisotopic (exact) mass is 433 g/mol. The number of amides is 1. The third-order valence-corrected chi connectivity index (χ3v) is 6.99. The molecule has 0 fully saturated rings. The van der Waals surface area contributed by atoms with E-state index in [1.807, 2.05) is 23.8 Å². The van der Waals surface area contributed by atoms with Crippen molar-refractivity contribution in [3.05, 3.63) is 57.6 Å². The molecule has 28 heavy (non-hydrogen) atoms. The van der Waals surface area contributed by atoms with E-state index in [2.05, 4.69) is 10.3 Å². The molecule has 3 aromatic rings. The molecule has 0 unspecified atom stereocenters. The minimum absolute atomic E-state index is 0.237. The van der Waals surface area contributed by atoms with E-state index in [9.17, 15) is 13.2 Å². The van der Waals surface area contributed by atoms with Gasteiger partial charge in [-0.15, -0.1) is 22.7 Å². The first-order chi connectivity index (χ1) is 13.2. The highest BCUT2D eigenvalue weighted by Gasteiger charge is 2.12. The van der Waals surface area contributed by atoms with Gasteiger partial charge in [0, 0.05) is 28.9 Å². The van der Waals surface area contributed by atoms with E-state index in [-0.39, 0.29) is 5.91 Å². The number of carbonyl (C=O) groups excluding carboxylic acids is 1. The smallest absolute Gasteiger partial charge is 0.250 e. The minimum atomic E-state index is -3.30. The predicted octanol–water partition coefficient (Wildman–Crippen LogP) is 4.23. The molecular weight excluding hydrogens is 414 g/mol. The van der Waals surface area contributed by atoms with Crippen LogP contribution in [0.5, 0.6) is 0 Å². The number of hydrogen-bond donors (Lipinski definition) is 1. The molecule has 0 atom stereocenters. The van der Waals surface area contributed by atoms with Gasteiger partial charge in [0.25, 0.3) is 0 Å². The van der Waals surface area contributed by atoms with Crippen LogP contribution in [0.15, 0.2) is 47.2 Å². The molecule has 1 amide bonds. The van der Waals surface area contributed by atoms with Gasteiger partial charge in [-0.3, -0.25) is 14.4 Å². The van der Waals surface area contributed by atoms with Crippen LogP contribution in [-0.2, 0) is 14.8 Å². The SMILES string of the molecule is Cc1ccsc1/C=C/C(=O)Nc1nc(-c2ccc(N(C)S(C)(=O)=O)cc2)cs1. The van der Waals surface area contributed by atoms with Gasteiger partial charge in [-0.25, -0.2) is 13.4 Å². The highest BCUT2D eigenvalue weighted by atomic mass is 32.2. The van der Waals surface area contributed by atoms with Gasteiger partial charge < -0.3 is 0 Å². The molecular formula is C19H19N3O3S3. The molecule has 0 saturated heterocycles. The second-order valence-corrected chi connectivity index (χ2v) is 9.93. The van der Waals surface area contributed by atoms with Crippen molar-refractivity contribution < 1.29 is 13.2 Å². The van der Waals surface area contributed by atoms with Crippen molar-refractivity contribution in [1.82, 2.24) is 4.98 Å². The van der Waals surface area contributed by atoms with Crippen LogP contribution in [-0.4, -0.2) is 32.6 Å². The molecule has 146 valence electrons. The summed E-state index contributed by atoms with van der Waals surface area (Å²) in [5.74, 6) is -0.237. The molecule has 0 spiro atoms. The van der Waals surface area contributed by atoms with Gasteiger partial charge in [0.15, 0.2) is 5.13 Å². The summed E-state index contributed by atoms with van der Waals surface area (Å²) in [6.45, 7) is 2.00. The Balaban J connectivity index is 1.67. The van der Waals surface area contributed by atoms with Crippen molar-refractivity contribution in [2.75, 3.05) is 22.9 Å². The highest BCUT2D eigenvalue weighted by Crippen LogP contribution is 2.27. The van der Waals surface area contributed by atoms with Crippen molar-refractivity contribution in [1.29, 1.82) is 0 Å². The number of benzene rings is 1. The van der Waals surface area contributed by atoms with E-state index in [1.54, 1.807) is 41.7 Å². The summed E-state index contributed by atoms with van der Waals surface area (Å²) < 4.78 is 24.4. The number of carbonyl (C=O) groups is 1. The standard InChI is InChI=1S/C19H19N3O3S3/c1-13-10-11-26-17(13)8-9-18(23)21-19-20-16(12-27-19)14-4-6-15(7-5-14)22(2)28(3,24)25/h4-12H,1-3H3,(H,20,21,23)/b9-8+. The Labute approximate surface area is 172 Å². The van der Waals surface area contributed by atoms with Crippen LogP contribution >= 0.6 is 22.7 Å². The van der Waals surface area contributed by atoms with Gasteiger partial charge in [0.05, 0.1) is 17.6 Å². The van der Waals surface area contributed by atoms with Gasteiger partial charge in [-0.05, 0) is 42.1 Å². The summed E-state index contributed by atoms with van der Waals surface area (Å²) in [7, 11) is -1.79. The zero-order valence-electron chi connectivity index (χ0n) is 15.5. The Bertz CT molecular complexity index is 1110. The quantitative estimate of drug-likeness (QED) is 0.590. The van der Waals surface area contributed by atoms with Crippen LogP contribution in [0.4, 0.5) is 10.8 Å².